The molecule has 35 heavy (non-hydrogen) atoms. The molecule has 0 aliphatic carbocycles. The minimum absolute atomic E-state index is 0.00357. The molecule has 4 rings (SSSR count). The highest BCUT2D eigenvalue weighted by Crippen LogP contribution is 2.34. The van der Waals surface area contributed by atoms with Crippen molar-refractivity contribution in [2.24, 2.45) is 0 Å². The molecule has 9 nitrogen and oxygen atoms in total. The molecule has 0 bridgehead atoms. The third-order valence-corrected chi connectivity index (χ3v) is 5.25. The minimum atomic E-state index is -0.703. The van der Waals surface area contributed by atoms with Gasteiger partial charge >= 0.3 is 0 Å². The van der Waals surface area contributed by atoms with Crippen LogP contribution in [0, 0.1) is 22.9 Å². The summed E-state index contributed by atoms with van der Waals surface area (Å²) < 4.78 is 20.4. The van der Waals surface area contributed by atoms with Crippen molar-refractivity contribution in [2.45, 2.75) is 6.92 Å². The van der Waals surface area contributed by atoms with Crippen LogP contribution in [0.3, 0.4) is 0 Å². The summed E-state index contributed by atoms with van der Waals surface area (Å²) >= 11 is 0. The number of hydrogen-bond acceptors (Lipinski definition) is 6. The number of carbonyl (C=O) groups is 1. The second-order valence-corrected chi connectivity index (χ2v) is 7.49. The second-order valence-electron chi connectivity index (χ2n) is 7.49. The highest BCUT2D eigenvalue weighted by Gasteiger charge is 2.23. The third-order valence-electron chi connectivity index (χ3n) is 5.25. The van der Waals surface area contributed by atoms with Crippen LogP contribution in [0.4, 0.5) is 15.9 Å². The minimum Gasteiger partial charge on any atom is -0.496 e. The van der Waals surface area contributed by atoms with Crippen LogP contribution in [0.1, 0.15) is 16.1 Å². The molecule has 0 unspecified atom stereocenters. The van der Waals surface area contributed by atoms with Gasteiger partial charge in [0.2, 0.25) is 5.43 Å². The number of amides is 1. The molecule has 4 aromatic rings. The van der Waals surface area contributed by atoms with Gasteiger partial charge in [0, 0.05) is 23.3 Å². The number of aromatic nitrogens is 2. The van der Waals surface area contributed by atoms with E-state index in [1.54, 1.807) is 24.3 Å². The molecule has 0 fully saturated rings. The van der Waals surface area contributed by atoms with Gasteiger partial charge in [-0.05, 0) is 43.3 Å². The molecule has 0 aliphatic heterocycles. The van der Waals surface area contributed by atoms with E-state index in [9.17, 15) is 24.1 Å². The summed E-state index contributed by atoms with van der Waals surface area (Å²) in [4.78, 5) is 37.1. The number of halogens is 1. The molecule has 1 heterocycles. The van der Waals surface area contributed by atoms with Gasteiger partial charge in [0.05, 0.1) is 23.3 Å². The smallest absolute Gasteiger partial charge is 0.270 e. The molecule has 3 aromatic carbocycles. The van der Waals surface area contributed by atoms with E-state index in [-0.39, 0.29) is 28.3 Å². The number of rotatable bonds is 6. The van der Waals surface area contributed by atoms with E-state index in [1.165, 1.54) is 61.2 Å². The fourth-order valence-corrected chi connectivity index (χ4v) is 3.57. The molecule has 1 N–H and O–H groups in total. The van der Waals surface area contributed by atoms with Gasteiger partial charge in [-0.25, -0.2) is 9.07 Å². The Bertz CT molecular complexity index is 1500. The molecule has 1 aromatic heterocycles. The molecule has 1 amide bonds. The van der Waals surface area contributed by atoms with Crippen molar-refractivity contribution in [3.8, 4) is 22.6 Å². The number of nitrogens with one attached hydrogen (secondary N) is 1. The van der Waals surface area contributed by atoms with Gasteiger partial charge in [-0.15, -0.1) is 0 Å². The van der Waals surface area contributed by atoms with Gasteiger partial charge in [0.25, 0.3) is 11.6 Å². The molecule has 176 valence electrons. The first-order valence-corrected chi connectivity index (χ1v) is 10.4. The lowest BCUT2D eigenvalue weighted by atomic mass is 10.0. The lowest BCUT2D eigenvalue weighted by Crippen LogP contribution is -2.25. The van der Waals surface area contributed by atoms with Gasteiger partial charge < -0.3 is 10.1 Å². The standard InChI is InChI=1S/C25H19FN4O5/c1-15-23(31)22(20-8-3-4-9-21(20)35-2)24(29(28-15)18-12-10-17(26)11-13-18)27-25(32)16-6-5-7-19(14-16)30(33)34/h3-14H,1-2H3,(H,27,32). The number of para-hydroxylation sites is 1. The van der Waals surface area contributed by atoms with Gasteiger partial charge in [-0.1, -0.05) is 24.3 Å². The Morgan fingerprint density at radius 3 is 2.49 bits per heavy atom. The van der Waals surface area contributed by atoms with Crippen LogP contribution < -0.4 is 15.5 Å². The zero-order valence-electron chi connectivity index (χ0n) is 18.7. The van der Waals surface area contributed by atoms with Crippen molar-refractivity contribution >= 4 is 17.4 Å². The van der Waals surface area contributed by atoms with E-state index in [4.69, 9.17) is 4.74 Å². The van der Waals surface area contributed by atoms with Crippen molar-refractivity contribution in [3.63, 3.8) is 0 Å². The number of ether oxygens (including phenoxy) is 1. The Hall–Kier alpha value is -4.86. The molecule has 0 saturated heterocycles. The summed E-state index contributed by atoms with van der Waals surface area (Å²) in [6.07, 6.45) is 0. The fourth-order valence-electron chi connectivity index (χ4n) is 3.57. The highest BCUT2D eigenvalue weighted by atomic mass is 19.1. The summed E-state index contributed by atoms with van der Waals surface area (Å²) in [5.41, 5.74) is 0.281. The fraction of sp³-hybridized carbons (Fsp3) is 0.0800. The van der Waals surface area contributed by atoms with Gasteiger partial charge in [-0.3, -0.25) is 19.7 Å². The third kappa shape index (κ3) is 4.62. The molecule has 0 atom stereocenters. The highest BCUT2D eigenvalue weighted by molar-refractivity contribution is 6.06. The van der Waals surface area contributed by atoms with Crippen LogP contribution in [0.2, 0.25) is 0 Å². The van der Waals surface area contributed by atoms with E-state index in [1.807, 2.05) is 0 Å². The quantitative estimate of drug-likeness (QED) is 0.325. The average molecular weight is 474 g/mol. The maximum atomic E-state index is 13.6. The van der Waals surface area contributed by atoms with Crippen LogP contribution in [-0.4, -0.2) is 27.7 Å². The van der Waals surface area contributed by atoms with E-state index in [0.29, 0.717) is 17.0 Å². The SMILES string of the molecule is COc1ccccc1-c1c(NC(=O)c2cccc([N+](=O)[O-])c2)n(-c2ccc(F)cc2)nc(C)c1=O. The van der Waals surface area contributed by atoms with Crippen LogP contribution in [-0.2, 0) is 0 Å². The molecular formula is C25H19FN4O5. The van der Waals surface area contributed by atoms with Crippen molar-refractivity contribution in [3.05, 3.63) is 110 Å². The van der Waals surface area contributed by atoms with E-state index >= 15 is 0 Å². The molecule has 0 radical (unpaired) electrons. The Morgan fingerprint density at radius 1 is 1.09 bits per heavy atom. The first-order chi connectivity index (χ1) is 16.8. The maximum Gasteiger partial charge on any atom is 0.270 e. The van der Waals surface area contributed by atoms with E-state index < -0.39 is 22.1 Å². The van der Waals surface area contributed by atoms with Crippen molar-refractivity contribution < 1.29 is 18.8 Å². The number of anilines is 1. The normalized spacial score (nSPS) is 10.6. The molecule has 10 heteroatoms. The number of benzene rings is 3. The summed E-state index contributed by atoms with van der Waals surface area (Å²) in [5, 5.41) is 18.2. The van der Waals surface area contributed by atoms with Crippen LogP contribution in [0.25, 0.3) is 16.8 Å². The Morgan fingerprint density at radius 2 is 1.80 bits per heavy atom. The molecule has 0 saturated carbocycles. The lowest BCUT2D eigenvalue weighted by Gasteiger charge is -2.19. The van der Waals surface area contributed by atoms with Crippen LogP contribution in [0.15, 0.2) is 77.6 Å². The predicted octanol–water partition coefficient (Wildman–Crippen LogP) is 4.52. The van der Waals surface area contributed by atoms with Crippen LogP contribution >= 0.6 is 0 Å². The first kappa shape index (κ1) is 23.3. The monoisotopic (exact) mass is 474 g/mol. The first-order valence-electron chi connectivity index (χ1n) is 10.4. The molecule has 0 aliphatic rings. The Labute approximate surface area is 198 Å². The zero-order chi connectivity index (χ0) is 25.1. The largest absolute Gasteiger partial charge is 0.496 e. The number of nitro benzene ring substituents is 1. The number of methoxy groups -OCH3 is 1. The molecule has 0 spiro atoms. The summed E-state index contributed by atoms with van der Waals surface area (Å²) in [6.45, 7) is 1.52. The van der Waals surface area contributed by atoms with Gasteiger partial charge in [0.1, 0.15) is 23.1 Å². The lowest BCUT2D eigenvalue weighted by molar-refractivity contribution is -0.384. The Kier molecular flexibility index (Phi) is 6.36. The van der Waals surface area contributed by atoms with Gasteiger partial charge in [0.15, 0.2) is 0 Å². The predicted molar refractivity (Wildman–Crippen MR) is 128 cm³/mol. The number of non-ortho nitro benzene ring substituents is 1. The summed E-state index contributed by atoms with van der Waals surface area (Å²) in [6, 6.07) is 17.3. The topological polar surface area (TPSA) is 116 Å². The number of nitro groups is 1. The number of carbonyl (C=O) groups excluding carboxylic acids is 1. The maximum absolute atomic E-state index is 13.6. The van der Waals surface area contributed by atoms with Crippen LogP contribution in [0.5, 0.6) is 5.75 Å². The zero-order valence-corrected chi connectivity index (χ0v) is 18.7. The number of nitrogens with zero attached hydrogens (tertiary/aromatic N) is 3. The number of aryl methyl sites for hydroxylation is 1. The second kappa shape index (κ2) is 9.56. The summed E-state index contributed by atoms with van der Waals surface area (Å²) in [5.74, 6) is -0.802. The Balaban J connectivity index is 1.97. The number of hydrogen-bond donors (Lipinski definition) is 1. The van der Waals surface area contributed by atoms with E-state index in [2.05, 4.69) is 10.4 Å². The van der Waals surface area contributed by atoms with Gasteiger partial charge in [-0.2, -0.15) is 5.10 Å². The van der Waals surface area contributed by atoms with Crippen molar-refractivity contribution in [2.75, 3.05) is 12.4 Å². The van der Waals surface area contributed by atoms with Crippen molar-refractivity contribution in [1.29, 1.82) is 0 Å². The van der Waals surface area contributed by atoms with E-state index in [0.717, 1.165) is 6.07 Å². The summed E-state index contributed by atoms with van der Waals surface area (Å²) in [7, 11) is 1.45. The van der Waals surface area contributed by atoms with Crippen molar-refractivity contribution in [1.82, 2.24) is 9.78 Å². The average Bonchev–Trinajstić information content (AvgIpc) is 2.87. The molecular weight excluding hydrogens is 455 g/mol.